The monoisotopic (exact) mass is 423 g/mol. The molecule has 29 heavy (non-hydrogen) atoms. The van der Waals surface area contributed by atoms with Gasteiger partial charge in [-0.05, 0) is 63.7 Å². The van der Waals surface area contributed by atoms with Crippen LogP contribution in [0.15, 0.2) is 83.8 Å². The average molecular weight is 424 g/mol. The normalized spacial score (nSPS) is 11.6. The van der Waals surface area contributed by atoms with E-state index in [0.29, 0.717) is 10.8 Å². The first-order valence-corrected chi connectivity index (χ1v) is 10.8. The third kappa shape index (κ3) is 3.72. The first-order chi connectivity index (χ1) is 13.9. The molecule has 2 aliphatic carbocycles. The van der Waals surface area contributed by atoms with Crippen molar-refractivity contribution < 1.29 is 13.2 Å². The fraction of sp³-hybridized carbons (Fsp3) is 0.0435. The average Bonchev–Trinajstić information content (AvgIpc) is 2.90. The summed E-state index contributed by atoms with van der Waals surface area (Å²) in [6.07, 6.45) is 0. The maximum atomic E-state index is 11.6. The summed E-state index contributed by atoms with van der Waals surface area (Å²) in [7, 11) is -2.16. The number of primary sulfonamides is 1. The maximum Gasteiger partial charge on any atom is 0.238 e. The smallest absolute Gasteiger partial charge is 0.238 e. The van der Waals surface area contributed by atoms with Gasteiger partial charge in [0.2, 0.25) is 10.0 Å². The molecule has 0 unspecified atom stereocenters. The Bertz CT molecular complexity index is 1270. The lowest BCUT2D eigenvalue weighted by atomic mass is 9.96. The van der Waals surface area contributed by atoms with Crippen LogP contribution in [-0.4, -0.2) is 15.5 Å². The van der Waals surface area contributed by atoms with Crippen molar-refractivity contribution in [3.8, 4) is 39.1 Å². The molecule has 0 bridgehead atoms. The zero-order valence-electron chi connectivity index (χ0n) is 15.6. The minimum atomic E-state index is -3.74. The van der Waals surface area contributed by atoms with Crippen molar-refractivity contribution in [3.63, 3.8) is 0 Å². The second-order valence-corrected chi connectivity index (χ2v) is 8.60. The zero-order chi connectivity index (χ0) is 20.6. The Morgan fingerprint density at radius 3 is 2.14 bits per heavy atom. The van der Waals surface area contributed by atoms with E-state index in [4.69, 9.17) is 21.5 Å². The molecule has 0 aromatic heterocycles. The lowest BCUT2D eigenvalue weighted by Gasteiger charge is -2.10. The zero-order valence-corrected chi connectivity index (χ0v) is 17.2. The van der Waals surface area contributed by atoms with Crippen LogP contribution in [0.2, 0.25) is 5.02 Å². The highest BCUT2D eigenvalue weighted by molar-refractivity contribution is 7.89. The maximum absolute atomic E-state index is 11.6. The molecule has 146 valence electrons. The van der Waals surface area contributed by atoms with Crippen LogP contribution < -0.4 is 9.88 Å². The molecule has 4 rings (SSSR count). The molecule has 0 atom stereocenters. The van der Waals surface area contributed by atoms with Crippen molar-refractivity contribution in [1.29, 1.82) is 0 Å². The number of hydrogen-bond acceptors (Lipinski definition) is 3. The molecule has 0 amide bonds. The first kappa shape index (κ1) is 19.5. The van der Waals surface area contributed by atoms with Gasteiger partial charge in [0, 0.05) is 0 Å². The van der Waals surface area contributed by atoms with Gasteiger partial charge in [0.25, 0.3) is 0 Å². The third-order valence-electron chi connectivity index (χ3n) is 4.84. The van der Waals surface area contributed by atoms with E-state index in [2.05, 4.69) is 12.1 Å². The second-order valence-electron chi connectivity index (χ2n) is 6.63. The lowest BCUT2D eigenvalue weighted by molar-refractivity contribution is 0.415. The lowest BCUT2D eigenvalue weighted by Crippen LogP contribution is -2.11. The van der Waals surface area contributed by atoms with Crippen LogP contribution in [0, 0.1) is 0 Å². The van der Waals surface area contributed by atoms with Gasteiger partial charge in [-0.25, -0.2) is 13.6 Å². The van der Waals surface area contributed by atoms with Gasteiger partial charge in [0.05, 0.1) is 17.0 Å². The number of methoxy groups -OCH3 is 1. The van der Waals surface area contributed by atoms with Gasteiger partial charge in [-0.2, -0.15) is 0 Å². The third-order valence-corrected chi connectivity index (χ3v) is 6.07. The molecule has 6 heteroatoms. The first-order valence-electron chi connectivity index (χ1n) is 8.87. The van der Waals surface area contributed by atoms with Crippen LogP contribution in [0.4, 0.5) is 0 Å². The van der Waals surface area contributed by atoms with Crippen molar-refractivity contribution >= 4 is 21.6 Å². The molecule has 0 aliphatic heterocycles. The van der Waals surface area contributed by atoms with E-state index in [1.54, 1.807) is 19.2 Å². The fourth-order valence-corrected chi connectivity index (χ4v) is 4.25. The predicted octanol–water partition coefficient (Wildman–Crippen LogP) is 5.43. The molecule has 0 spiro atoms. The quantitative estimate of drug-likeness (QED) is 0.475. The van der Waals surface area contributed by atoms with Gasteiger partial charge in [0.1, 0.15) is 5.75 Å². The summed E-state index contributed by atoms with van der Waals surface area (Å²) in [5, 5.41) is 5.75. The van der Waals surface area contributed by atoms with E-state index in [1.165, 1.54) is 12.1 Å². The minimum Gasteiger partial charge on any atom is -0.495 e. The van der Waals surface area contributed by atoms with Crippen molar-refractivity contribution in [2.24, 2.45) is 5.14 Å². The number of fused-ring (bicyclic) bond motifs is 1. The largest absolute Gasteiger partial charge is 0.495 e. The number of rotatable bonds is 4. The molecular weight excluding hydrogens is 406 g/mol. The van der Waals surface area contributed by atoms with Crippen LogP contribution in [-0.2, 0) is 10.0 Å². The highest BCUT2D eigenvalue weighted by Crippen LogP contribution is 2.45. The van der Waals surface area contributed by atoms with Crippen LogP contribution in [0.1, 0.15) is 0 Å². The van der Waals surface area contributed by atoms with Crippen LogP contribution in [0.3, 0.4) is 0 Å². The Labute approximate surface area is 174 Å². The summed E-state index contributed by atoms with van der Waals surface area (Å²) in [5.74, 6) is 0.607. The summed E-state index contributed by atoms with van der Waals surface area (Å²) in [6.45, 7) is 0. The molecule has 2 N–H and O–H groups in total. The van der Waals surface area contributed by atoms with Gasteiger partial charge in [-0.3, -0.25) is 0 Å². The number of halogens is 1. The molecule has 0 heterocycles. The molecular formula is C23H18ClNO3S. The Hall–Kier alpha value is -2.86. The summed E-state index contributed by atoms with van der Waals surface area (Å²) >= 11 is 6.39. The number of benzene rings is 2. The molecule has 2 aromatic carbocycles. The second kappa shape index (κ2) is 7.52. The highest BCUT2D eigenvalue weighted by Gasteiger charge is 2.19. The van der Waals surface area contributed by atoms with Crippen LogP contribution in [0.25, 0.3) is 33.4 Å². The minimum absolute atomic E-state index is 0.0813. The molecule has 0 fully saturated rings. The highest BCUT2D eigenvalue weighted by atomic mass is 35.5. The summed E-state index contributed by atoms with van der Waals surface area (Å²) in [6, 6.07) is 24.4. The standard InChI is InChI=1S/C23H18ClNO3S/c1-28-22-12-9-17(14-21(22)24)23-19-6-4-2-3-5-16(19)13-20(23)15-7-10-18(11-8-15)29(25,26)27/h2-14H,1H3,(H2,25,26,27). The van der Waals surface area contributed by atoms with Gasteiger partial charge in [0.15, 0.2) is 0 Å². The van der Waals surface area contributed by atoms with Crippen molar-refractivity contribution in [3.05, 3.63) is 83.9 Å². The van der Waals surface area contributed by atoms with E-state index in [0.717, 1.165) is 33.4 Å². The number of nitrogens with two attached hydrogens (primary N) is 1. The molecule has 2 aromatic rings. The van der Waals surface area contributed by atoms with E-state index in [-0.39, 0.29) is 4.90 Å². The van der Waals surface area contributed by atoms with E-state index >= 15 is 0 Å². The summed E-state index contributed by atoms with van der Waals surface area (Å²) < 4.78 is 28.5. The number of hydrogen-bond donors (Lipinski definition) is 1. The number of ether oxygens (including phenoxy) is 1. The van der Waals surface area contributed by atoms with Gasteiger partial charge >= 0.3 is 0 Å². The van der Waals surface area contributed by atoms with Gasteiger partial charge in [-0.1, -0.05) is 60.1 Å². The molecule has 0 saturated heterocycles. The number of sulfonamides is 1. The van der Waals surface area contributed by atoms with Gasteiger partial charge < -0.3 is 4.74 Å². The summed E-state index contributed by atoms with van der Waals surface area (Å²) in [4.78, 5) is 0.0813. The van der Waals surface area contributed by atoms with Crippen LogP contribution in [0.5, 0.6) is 5.75 Å². The van der Waals surface area contributed by atoms with Crippen molar-refractivity contribution in [2.45, 2.75) is 4.90 Å². The molecule has 2 aliphatic rings. The van der Waals surface area contributed by atoms with E-state index in [1.807, 2.05) is 42.5 Å². The summed E-state index contributed by atoms with van der Waals surface area (Å²) in [5.41, 5.74) is 5.97. The SMILES string of the molecule is COc1ccc(-c2c3cccccc-3cc2-c2ccc(S(N)(=O)=O)cc2)cc1Cl. The predicted molar refractivity (Wildman–Crippen MR) is 117 cm³/mol. The van der Waals surface area contributed by atoms with E-state index in [9.17, 15) is 8.42 Å². The molecule has 0 saturated carbocycles. The van der Waals surface area contributed by atoms with E-state index < -0.39 is 10.0 Å². The Balaban J connectivity index is 1.96. The fourth-order valence-electron chi connectivity index (χ4n) is 3.47. The van der Waals surface area contributed by atoms with Gasteiger partial charge in [-0.15, -0.1) is 0 Å². The Morgan fingerprint density at radius 1 is 0.793 bits per heavy atom. The molecule has 4 nitrogen and oxygen atoms in total. The molecule has 0 radical (unpaired) electrons. The van der Waals surface area contributed by atoms with Crippen molar-refractivity contribution in [2.75, 3.05) is 7.11 Å². The topological polar surface area (TPSA) is 69.4 Å². The Morgan fingerprint density at radius 2 is 1.48 bits per heavy atom. The Kier molecular flexibility index (Phi) is 5.04. The van der Waals surface area contributed by atoms with Crippen molar-refractivity contribution in [1.82, 2.24) is 0 Å². The van der Waals surface area contributed by atoms with Crippen LogP contribution >= 0.6 is 11.6 Å².